The van der Waals surface area contributed by atoms with Crippen LogP contribution < -0.4 is 0 Å². The highest BCUT2D eigenvalue weighted by molar-refractivity contribution is 7.89. The van der Waals surface area contributed by atoms with E-state index in [1.807, 2.05) is 0 Å². The van der Waals surface area contributed by atoms with Crippen LogP contribution >= 0.6 is 0 Å². The Hall–Kier alpha value is -2.40. The van der Waals surface area contributed by atoms with Crippen LogP contribution in [0.3, 0.4) is 0 Å². The molecule has 0 atom stereocenters. The SMILES string of the molecule is Cc1nn(C)c(C)c1S(=O)(=O)N1CCCN(C(=O)c2cccc(C(F)(F)F)c2)CC1. The van der Waals surface area contributed by atoms with Crippen molar-refractivity contribution in [1.82, 2.24) is 19.0 Å². The fourth-order valence-electron chi connectivity index (χ4n) is 3.60. The van der Waals surface area contributed by atoms with E-state index >= 15 is 0 Å². The number of hydrogen-bond acceptors (Lipinski definition) is 4. The van der Waals surface area contributed by atoms with Crippen LogP contribution in [0.1, 0.15) is 33.7 Å². The van der Waals surface area contributed by atoms with Crippen LogP contribution in [0.25, 0.3) is 0 Å². The van der Waals surface area contributed by atoms with Crippen molar-refractivity contribution < 1.29 is 26.4 Å². The molecule has 1 aromatic carbocycles. The maximum Gasteiger partial charge on any atom is 0.416 e. The van der Waals surface area contributed by atoms with Gasteiger partial charge in [0.2, 0.25) is 10.0 Å². The van der Waals surface area contributed by atoms with Crippen LogP contribution in [-0.4, -0.2) is 59.5 Å². The minimum Gasteiger partial charge on any atom is -0.337 e. The zero-order chi connectivity index (χ0) is 22.3. The number of amides is 1. The Bertz CT molecular complexity index is 1060. The topological polar surface area (TPSA) is 75.5 Å². The second-order valence-corrected chi connectivity index (χ2v) is 9.13. The molecule has 1 saturated heterocycles. The molecule has 7 nitrogen and oxygen atoms in total. The van der Waals surface area contributed by atoms with Crippen molar-refractivity contribution in [2.24, 2.45) is 7.05 Å². The lowest BCUT2D eigenvalue weighted by molar-refractivity contribution is -0.137. The van der Waals surface area contributed by atoms with Crippen LogP contribution in [0, 0.1) is 13.8 Å². The number of aromatic nitrogens is 2. The van der Waals surface area contributed by atoms with Gasteiger partial charge in [0.25, 0.3) is 5.91 Å². The normalized spacial score (nSPS) is 16.5. The summed E-state index contributed by atoms with van der Waals surface area (Å²) in [6.07, 6.45) is -4.16. The smallest absolute Gasteiger partial charge is 0.337 e. The van der Waals surface area contributed by atoms with E-state index in [0.717, 1.165) is 12.1 Å². The maximum atomic E-state index is 13.1. The van der Waals surface area contributed by atoms with E-state index in [9.17, 15) is 26.4 Å². The van der Waals surface area contributed by atoms with Gasteiger partial charge in [-0.15, -0.1) is 0 Å². The maximum absolute atomic E-state index is 13.1. The molecule has 0 aliphatic carbocycles. The van der Waals surface area contributed by atoms with E-state index in [0.29, 0.717) is 17.8 Å². The van der Waals surface area contributed by atoms with Crippen LogP contribution in [0.2, 0.25) is 0 Å². The van der Waals surface area contributed by atoms with Crippen molar-refractivity contribution in [3.63, 3.8) is 0 Å². The van der Waals surface area contributed by atoms with Crippen molar-refractivity contribution in [3.05, 3.63) is 46.8 Å². The molecule has 2 aromatic rings. The zero-order valence-electron chi connectivity index (χ0n) is 16.9. The number of sulfonamides is 1. The lowest BCUT2D eigenvalue weighted by atomic mass is 10.1. The Morgan fingerprint density at radius 3 is 2.40 bits per heavy atom. The monoisotopic (exact) mass is 444 g/mol. The molecule has 30 heavy (non-hydrogen) atoms. The first-order valence-corrected chi connectivity index (χ1v) is 10.8. The summed E-state index contributed by atoms with van der Waals surface area (Å²) in [5.74, 6) is -0.547. The van der Waals surface area contributed by atoms with Gasteiger partial charge in [0.15, 0.2) is 0 Å². The summed E-state index contributed by atoms with van der Waals surface area (Å²) < 4.78 is 67.9. The van der Waals surface area contributed by atoms with Crippen LogP contribution in [0.4, 0.5) is 13.2 Å². The highest BCUT2D eigenvalue weighted by atomic mass is 32.2. The van der Waals surface area contributed by atoms with E-state index in [4.69, 9.17) is 0 Å². The minimum absolute atomic E-state index is 0.0564. The number of hydrogen-bond donors (Lipinski definition) is 0. The summed E-state index contributed by atoms with van der Waals surface area (Å²) in [4.78, 5) is 14.3. The average molecular weight is 444 g/mol. The van der Waals surface area contributed by atoms with E-state index in [-0.39, 0.29) is 36.6 Å². The lowest BCUT2D eigenvalue weighted by Gasteiger charge is -2.22. The van der Waals surface area contributed by atoms with Gasteiger partial charge in [-0.05, 0) is 38.5 Å². The molecule has 1 aliphatic rings. The highest BCUT2D eigenvalue weighted by Gasteiger charge is 2.34. The number of aryl methyl sites for hydroxylation is 2. The van der Waals surface area contributed by atoms with Crippen LogP contribution in [0.5, 0.6) is 0 Å². The third kappa shape index (κ3) is 4.22. The molecular weight excluding hydrogens is 421 g/mol. The molecule has 0 spiro atoms. The van der Waals surface area contributed by atoms with Crippen LogP contribution in [0.15, 0.2) is 29.2 Å². The van der Waals surface area contributed by atoms with E-state index in [1.165, 1.54) is 26.0 Å². The molecule has 1 aliphatic heterocycles. The van der Waals surface area contributed by atoms with Gasteiger partial charge < -0.3 is 4.90 Å². The highest BCUT2D eigenvalue weighted by Crippen LogP contribution is 2.30. The summed E-state index contributed by atoms with van der Waals surface area (Å²) in [7, 11) is -2.14. The zero-order valence-corrected chi connectivity index (χ0v) is 17.7. The van der Waals surface area contributed by atoms with Gasteiger partial charge in [-0.3, -0.25) is 9.48 Å². The number of rotatable bonds is 3. The molecule has 2 heterocycles. The molecule has 0 saturated carbocycles. The average Bonchev–Trinajstić information content (AvgIpc) is 2.85. The molecule has 1 fully saturated rings. The van der Waals surface area contributed by atoms with Gasteiger partial charge >= 0.3 is 6.18 Å². The third-order valence-electron chi connectivity index (χ3n) is 5.22. The molecule has 0 N–H and O–H groups in total. The minimum atomic E-state index is -4.54. The van der Waals surface area contributed by atoms with Crippen molar-refractivity contribution >= 4 is 15.9 Å². The van der Waals surface area contributed by atoms with Crippen molar-refractivity contribution in [1.29, 1.82) is 0 Å². The summed E-state index contributed by atoms with van der Waals surface area (Å²) in [6, 6.07) is 4.26. The summed E-state index contributed by atoms with van der Waals surface area (Å²) >= 11 is 0. The van der Waals surface area contributed by atoms with Gasteiger partial charge in [-0.25, -0.2) is 8.42 Å². The first kappa shape index (κ1) is 22.3. The molecule has 0 unspecified atom stereocenters. The van der Waals surface area contributed by atoms with Crippen molar-refractivity contribution in [2.45, 2.75) is 31.3 Å². The third-order valence-corrected chi connectivity index (χ3v) is 7.37. The largest absolute Gasteiger partial charge is 0.416 e. The Morgan fingerprint density at radius 2 is 1.80 bits per heavy atom. The van der Waals surface area contributed by atoms with Gasteiger partial charge in [-0.2, -0.15) is 22.6 Å². The van der Waals surface area contributed by atoms with Gasteiger partial charge in [-0.1, -0.05) is 6.07 Å². The van der Waals surface area contributed by atoms with Crippen molar-refractivity contribution in [2.75, 3.05) is 26.2 Å². The molecule has 0 radical (unpaired) electrons. The molecule has 3 rings (SSSR count). The standard InChI is InChI=1S/C19H23F3N4O3S/c1-13-17(14(2)24(3)23-13)30(28,29)26-9-5-8-25(10-11-26)18(27)15-6-4-7-16(12-15)19(20,21)22/h4,6-7,12H,5,8-11H2,1-3H3. The number of carbonyl (C=O) groups excluding carboxylic acids is 1. The first-order chi connectivity index (χ1) is 13.9. The summed E-state index contributed by atoms with van der Waals surface area (Å²) in [5.41, 5.74) is -0.0419. The van der Waals surface area contributed by atoms with E-state index < -0.39 is 27.7 Å². The number of halogens is 3. The quantitative estimate of drug-likeness (QED) is 0.729. The Kier molecular flexibility index (Phi) is 5.96. The van der Waals surface area contributed by atoms with Gasteiger partial charge in [0, 0.05) is 38.8 Å². The fourth-order valence-corrected chi connectivity index (χ4v) is 5.47. The van der Waals surface area contributed by atoms with Gasteiger partial charge in [0.05, 0.1) is 17.0 Å². The Morgan fingerprint density at radius 1 is 1.10 bits per heavy atom. The summed E-state index contributed by atoms with van der Waals surface area (Å²) in [5, 5.41) is 4.16. The number of nitrogens with zero attached hydrogens (tertiary/aromatic N) is 4. The second-order valence-electron chi connectivity index (χ2n) is 7.25. The molecule has 1 aromatic heterocycles. The molecule has 0 bridgehead atoms. The second kappa shape index (κ2) is 8.03. The van der Waals surface area contributed by atoms with Gasteiger partial charge in [0.1, 0.15) is 4.90 Å². The number of benzene rings is 1. The molecule has 164 valence electrons. The summed E-state index contributed by atoms with van der Waals surface area (Å²) in [6.45, 7) is 3.91. The number of carbonyl (C=O) groups is 1. The first-order valence-electron chi connectivity index (χ1n) is 9.40. The Balaban J connectivity index is 1.79. The molecule has 1 amide bonds. The van der Waals surface area contributed by atoms with E-state index in [2.05, 4.69) is 5.10 Å². The fraction of sp³-hybridized carbons (Fsp3) is 0.474. The van der Waals surface area contributed by atoms with E-state index in [1.54, 1.807) is 20.9 Å². The molecular formula is C19H23F3N4O3S. The Labute approximate surface area is 173 Å². The predicted molar refractivity (Wildman–Crippen MR) is 103 cm³/mol. The van der Waals surface area contributed by atoms with Crippen molar-refractivity contribution in [3.8, 4) is 0 Å². The molecule has 11 heteroatoms. The predicted octanol–water partition coefficient (Wildman–Crippen LogP) is 2.59. The lowest BCUT2D eigenvalue weighted by Crippen LogP contribution is -2.37. The number of alkyl halides is 3. The van der Waals surface area contributed by atoms with Crippen LogP contribution in [-0.2, 0) is 23.2 Å².